The van der Waals surface area contributed by atoms with Gasteiger partial charge in [0.2, 0.25) is 5.82 Å². The SMILES string of the molecule is Cc1ccc([N+](=O)[O-])c(NC(C)c2ccccc2C)n1. The third-order valence-electron chi connectivity index (χ3n) is 3.22. The number of benzene rings is 1. The molecule has 0 saturated heterocycles. The zero-order valence-electron chi connectivity index (χ0n) is 11.8. The highest BCUT2D eigenvalue weighted by atomic mass is 16.6. The maximum absolute atomic E-state index is 11.0. The van der Waals surface area contributed by atoms with E-state index in [-0.39, 0.29) is 11.7 Å². The van der Waals surface area contributed by atoms with Crippen LogP contribution in [0.1, 0.15) is 29.8 Å². The third-order valence-corrected chi connectivity index (χ3v) is 3.22. The van der Waals surface area contributed by atoms with Crippen LogP contribution in [-0.4, -0.2) is 9.91 Å². The smallest absolute Gasteiger partial charge is 0.311 e. The number of aryl methyl sites for hydroxylation is 2. The minimum atomic E-state index is -0.417. The van der Waals surface area contributed by atoms with Gasteiger partial charge in [0.15, 0.2) is 0 Å². The van der Waals surface area contributed by atoms with E-state index in [1.807, 2.05) is 45.0 Å². The van der Waals surface area contributed by atoms with Crippen LogP contribution < -0.4 is 5.32 Å². The minimum Gasteiger partial charge on any atom is -0.358 e. The molecule has 1 unspecified atom stereocenters. The summed E-state index contributed by atoms with van der Waals surface area (Å²) >= 11 is 0. The maximum Gasteiger partial charge on any atom is 0.311 e. The summed E-state index contributed by atoms with van der Waals surface area (Å²) in [5.41, 5.74) is 2.99. The number of hydrogen-bond donors (Lipinski definition) is 1. The number of anilines is 1. The van der Waals surface area contributed by atoms with Crippen molar-refractivity contribution >= 4 is 11.5 Å². The first-order valence-corrected chi connectivity index (χ1v) is 6.43. The molecular formula is C15H17N3O2. The van der Waals surface area contributed by atoms with Crippen molar-refractivity contribution in [2.24, 2.45) is 0 Å². The van der Waals surface area contributed by atoms with Gasteiger partial charge >= 0.3 is 5.69 Å². The highest BCUT2D eigenvalue weighted by Gasteiger charge is 2.18. The van der Waals surface area contributed by atoms with E-state index in [0.29, 0.717) is 5.82 Å². The first-order valence-electron chi connectivity index (χ1n) is 6.43. The molecule has 0 spiro atoms. The van der Waals surface area contributed by atoms with Crippen LogP contribution in [0.5, 0.6) is 0 Å². The molecule has 0 amide bonds. The first kappa shape index (κ1) is 14.0. The van der Waals surface area contributed by atoms with Crippen molar-refractivity contribution in [1.29, 1.82) is 0 Å². The fraction of sp³-hybridized carbons (Fsp3) is 0.267. The molecule has 5 heteroatoms. The molecular weight excluding hydrogens is 254 g/mol. The van der Waals surface area contributed by atoms with Crippen LogP contribution in [0.3, 0.4) is 0 Å². The lowest BCUT2D eigenvalue weighted by atomic mass is 10.0. The van der Waals surface area contributed by atoms with Gasteiger partial charge < -0.3 is 5.32 Å². The second-order valence-electron chi connectivity index (χ2n) is 4.80. The van der Waals surface area contributed by atoms with Crippen LogP contribution >= 0.6 is 0 Å². The summed E-state index contributed by atoms with van der Waals surface area (Å²) in [6, 6.07) is 11.0. The molecule has 0 bridgehead atoms. The first-order chi connectivity index (χ1) is 9.49. The second kappa shape index (κ2) is 5.69. The summed E-state index contributed by atoms with van der Waals surface area (Å²) in [5.74, 6) is 0.311. The normalized spacial score (nSPS) is 11.9. The Hall–Kier alpha value is -2.43. The lowest BCUT2D eigenvalue weighted by Crippen LogP contribution is -2.11. The van der Waals surface area contributed by atoms with Gasteiger partial charge in [-0.15, -0.1) is 0 Å². The molecule has 1 heterocycles. The molecule has 0 saturated carbocycles. The summed E-state index contributed by atoms with van der Waals surface area (Å²) in [7, 11) is 0. The van der Waals surface area contributed by atoms with E-state index in [4.69, 9.17) is 0 Å². The van der Waals surface area contributed by atoms with E-state index in [2.05, 4.69) is 10.3 Å². The quantitative estimate of drug-likeness (QED) is 0.678. The van der Waals surface area contributed by atoms with Crippen LogP contribution in [0.2, 0.25) is 0 Å². The minimum absolute atomic E-state index is 0.00367. The Labute approximate surface area is 117 Å². The lowest BCUT2D eigenvalue weighted by Gasteiger charge is -2.17. The van der Waals surface area contributed by atoms with Crippen molar-refractivity contribution in [3.05, 3.63) is 63.3 Å². The fourth-order valence-electron chi connectivity index (χ4n) is 2.16. The predicted molar refractivity (Wildman–Crippen MR) is 78.8 cm³/mol. The largest absolute Gasteiger partial charge is 0.358 e. The van der Waals surface area contributed by atoms with Crippen LogP contribution in [0.4, 0.5) is 11.5 Å². The molecule has 5 nitrogen and oxygen atoms in total. The van der Waals surface area contributed by atoms with Gasteiger partial charge in [-0.05, 0) is 38.0 Å². The van der Waals surface area contributed by atoms with E-state index >= 15 is 0 Å². The number of nitrogens with one attached hydrogen (secondary N) is 1. The zero-order valence-corrected chi connectivity index (χ0v) is 11.8. The van der Waals surface area contributed by atoms with E-state index < -0.39 is 4.92 Å². The molecule has 2 aromatic rings. The summed E-state index contributed by atoms with van der Waals surface area (Å²) in [4.78, 5) is 14.9. The van der Waals surface area contributed by atoms with Gasteiger partial charge in [0.05, 0.1) is 11.0 Å². The fourth-order valence-corrected chi connectivity index (χ4v) is 2.16. The van der Waals surface area contributed by atoms with Crippen LogP contribution in [0, 0.1) is 24.0 Å². The maximum atomic E-state index is 11.0. The molecule has 0 aliphatic rings. The Morgan fingerprint density at radius 3 is 2.55 bits per heavy atom. The number of nitro groups is 1. The van der Waals surface area contributed by atoms with E-state index in [1.165, 1.54) is 6.07 Å². The third kappa shape index (κ3) is 2.93. The molecule has 104 valence electrons. The van der Waals surface area contributed by atoms with Crippen LogP contribution in [-0.2, 0) is 0 Å². The Morgan fingerprint density at radius 1 is 1.20 bits per heavy atom. The van der Waals surface area contributed by atoms with Crippen molar-refractivity contribution in [3.8, 4) is 0 Å². The summed E-state index contributed by atoms with van der Waals surface area (Å²) < 4.78 is 0. The Balaban J connectivity index is 2.32. The molecule has 1 atom stereocenters. The van der Waals surface area contributed by atoms with E-state index in [0.717, 1.165) is 16.8 Å². The topological polar surface area (TPSA) is 68.1 Å². The summed E-state index contributed by atoms with van der Waals surface area (Å²) in [6.45, 7) is 5.80. The average molecular weight is 271 g/mol. The van der Waals surface area contributed by atoms with Gasteiger partial charge in [0, 0.05) is 11.8 Å². The number of hydrogen-bond acceptors (Lipinski definition) is 4. The number of aromatic nitrogens is 1. The molecule has 0 aliphatic carbocycles. The Kier molecular flexibility index (Phi) is 3.98. The monoisotopic (exact) mass is 271 g/mol. The van der Waals surface area contributed by atoms with Gasteiger partial charge in [-0.25, -0.2) is 4.98 Å². The highest BCUT2D eigenvalue weighted by molar-refractivity contribution is 5.57. The second-order valence-corrected chi connectivity index (χ2v) is 4.80. The van der Waals surface area contributed by atoms with Crippen molar-refractivity contribution in [2.75, 3.05) is 5.32 Å². The number of pyridine rings is 1. The molecule has 0 aliphatic heterocycles. The molecule has 1 aromatic heterocycles. The van der Waals surface area contributed by atoms with Crippen molar-refractivity contribution < 1.29 is 4.92 Å². The molecule has 1 N–H and O–H groups in total. The Morgan fingerprint density at radius 2 is 1.90 bits per heavy atom. The average Bonchev–Trinajstić information content (AvgIpc) is 2.38. The van der Waals surface area contributed by atoms with Gasteiger partial charge in [-0.2, -0.15) is 0 Å². The van der Waals surface area contributed by atoms with Gasteiger partial charge in [-0.1, -0.05) is 24.3 Å². The van der Waals surface area contributed by atoms with Gasteiger partial charge in [-0.3, -0.25) is 10.1 Å². The summed E-state index contributed by atoms with van der Waals surface area (Å²) in [6.07, 6.45) is 0. The lowest BCUT2D eigenvalue weighted by molar-refractivity contribution is -0.384. The van der Waals surface area contributed by atoms with E-state index in [9.17, 15) is 10.1 Å². The highest BCUT2D eigenvalue weighted by Crippen LogP contribution is 2.27. The molecule has 0 fully saturated rings. The Bertz CT molecular complexity index is 641. The van der Waals surface area contributed by atoms with Crippen molar-refractivity contribution in [1.82, 2.24) is 4.98 Å². The van der Waals surface area contributed by atoms with Crippen LogP contribution in [0.15, 0.2) is 36.4 Å². The number of nitrogens with zero attached hydrogens (tertiary/aromatic N) is 2. The molecule has 20 heavy (non-hydrogen) atoms. The van der Waals surface area contributed by atoms with Crippen LogP contribution in [0.25, 0.3) is 0 Å². The van der Waals surface area contributed by atoms with Gasteiger partial charge in [0.25, 0.3) is 0 Å². The number of rotatable bonds is 4. The zero-order chi connectivity index (χ0) is 14.7. The van der Waals surface area contributed by atoms with E-state index in [1.54, 1.807) is 6.07 Å². The standard InChI is InChI=1S/C15H17N3O2/c1-10-6-4-5-7-13(10)12(3)17-15-14(18(19)20)9-8-11(2)16-15/h4-9,12H,1-3H3,(H,16,17). The molecule has 1 aromatic carbocycles. The molecule has 0 radical (unpaired) electrons. The van der Waals surface area contributed by atoms with Crippen molar-refractivity contribution in [2.45, 2.75) is 26.8 Å². The summed E-state index contributed by atoms with van der Waals surface area (Å²) in [5, 5.41) is 14.2. The van der Waals surface area contributed by atoms with Gasteiger partial charge in [0.1, 0.15) is 0 Å². The van der Waals surface area contributed by atoms with Crippen molar-refractivity contribution in [3.63, 3.8) is 0 Å². The predicted octanol–water partition coefficient (Wildman–Crippen LogP) is 3.78. The molecule has 2 rings (SSSR count).